The van der Waals surface area contributed by atoms with Gasteiger partial charge in [0.05, 0.1) is 0 Å². The molecular weight excluding hydrogens is 258 g/mol. The van der Waals surface area contributed by atoms with Gasteiger partial charge >= 0.3 is 0 Å². The molecule has 0 heterocycles. The quantitative estimate of drug-likeness (QED) is 0.781. The lowest BCUT2D eigenvalue weighted by molar-refractivity contribution is 0.223. The summed E-state index contributed by atoms with van der Waals surface area (Å²) < 4.78 is 6.19. The predicted molar refractivity (Wildman–Crippen MR) is 88.6 cm³/mol. The number of ether oxygens (including phenoxy) is 1. The summed E-state index contributed by atoms with van der Waals surface area (Å²) in [5, 5.41) is 3.52. The Bertz CT molecular complexity index is 538. The molecule has 0 aliphatic heterocycles. The lowest BCUT2D eigenvalue weighted by atomic mass is 10.1. The van der Waals surface area contributed by atoms with Crippen LogP contribution in [-0.4, -0.2) is 6.54 Å². The van der Waals surface area contributed by atoms with E-state index in [2.05, 4.69) is 56.4 Å². The van der Waals surface area contributed by atoms with Gasteiger partial charge in [0.2, 0.25) is 0 Å². The van der Waals surface area contributed by atoms with E-state index in [1.165, 1.54) is 11.1 Å². The van der Waals surface area contributed by atoms with Crippen LogP contribution in [0.2, 0.25) is 0 Å². The van der Waals surface area contributed by atoms with E-state index in [0.717, 1.165) is 18.7 Å². The molecule has 2 rings (SSSR count). The summed E-state index contributed by atoms with van der Waals surface area (Å²) in [6, 6.07) is 18.9. The van der Waals surface area contributed by atoms with Crippen molar-refractivity contribution in [3.8, 4) is 5.75 Å². The number of benzene rings is 2. The Morgan fingerprint density at radius 3 is 2.33 bits per heavy atom. The fourth-order valence-electron chi connectivity index (χ4n) is 2.40. The Morgan fingerprint density at radius 2 is 1.62 bits per heavy atom. The van der Waals surface area contributed by atoms with Crippen LogP contribution in [-0.2, 0) is 0 Å². The van der Waals surface area contributed by atoms with Gasteiger partial charge in [0.15, 0.2) is 0 Å². The highest BCUT2D eigenvalue weighted by molar-refractivity contribution is 5.36. The van der Waals surface area contributed by atoms with Crippen molar-refractivity contribution in [2.45, 2.75) is 39.3 Å². The standard InChI is InChI=1S/C19H25NO/c1-4-14-20-15(2)18-12-8-9-13-19(18)21-16(3)17-10-6-5-7-11-17/h5-13,15-16,20H,4,14H2,1-3H3. The van der Waals surface area contributed by atoms with Crippen molar-refractivity contribution in [3.05, 3.63) is 65.7 Å². The molecule has 0 aromatic heterocycles. The van der Waals surface area contributed by atoms with Crippen molar-refractivity contribution >= 4 is 0 Å². The first-order valence-electron chi connectivity index (χ1n) is 7.76. The van der Waals surface area contributed by atoms with E-state index in [1.807, 2.05) is 24.3 Å². The van der Waals surface area contributed by atoms with Gasteiger partial charge in [-0.2, -0.15) is 0 Å². The lowest BCUT2D eigenvalue weighted by Gasteiger charge is -2.21. The highest BCUT2D eigenvalue weighted by Gasteiger charge is 2.13. The molecule has 112 valence electrons. The van der Waals surface area contributed by atoms with E-state index < -0.39 is 0 Å². The minimum Gasteiger partial charge on any atom is -0.486 e. The number of para-hydroxylation sites is 1. The molecule has 2 aromatic carbocycles. The molecular formula is C19H25NO. The number of rotatable bonds is 7. The summed E-state index contributed by atoms with van der Waals surface area (Å²) in [6.07, 6.45) is 1.18. The zero-order valence-corrected chi connectivity index (χ0v) is 13.2. The number of hydrogen-bond donors (Lipinski definition) is 1. The van der Waals surface area contributed by atoms with Crippen molar-refractivity contribution < 1.29 is 4.74 Å². The molecule has 0 aliphatic carbocycles. The molecule has 0 saturated carbocycles. The van der Waals surface area contributed by atoms with Gasteiger partial charge in [0.1, 0.15) is 11.9 Å². The maximum Gasteiger partial charge on any atom is 0.124 e. The molecule has 0 aliphatic rings. The monoisotopic (exact) mass is 283 g/mol. The number of hydrogen-bond acceptors (Lipinski definition) is 2. The zero-order valence-electron chi connectivity index (χ0n) is 13.2. The second kappa shape index (κ2) is 7.84. The molecule has 2 atom stereocenters. The molecule has 0 saturated heterocycles. The summed E-state index contributed by atoms with van der Waals surface area (Å²) in [5.41, 5.74) is 2.41. The van der Waals surface area contributed by atoms with Crippen LogP contribution in [0.4, 0.5) is 0 Å². The van der Waals surface area contributed by atoms with Gasteiger partial charge in [-0.3, -0.25) is 0 Å². The summed E-state index contributed by atoms with van der Waals surface area (Å²) >= 11 is 0. The van der Waals surface area contributed by atoms with Gasteiger partial charge in [-0.1, -0.05) is 55.5 Å². The van der Waals surface area contributed by atoms with Gasteiger partial charge in [0, 0.05) is 11.6 Å². The minimum atomic E-state index is 0.0470. The van der Waals surface area contributed by atoms with Crippen molar-refractivity contribution in [1.29, 1.82) is 0 Å². The van der Waals surface area contributed by atoms with Gasteiger partial charge in [0.25, 0.3) is 0 Å². The van der Waals surface area contributed by atoms with E-state index in [-0.39, 0.29) is 6.10 Å². The van der Waals surface area contributed by atoms with E-state index >= 15 is 0 Å². The third kappa shape index (κ3) is 4.33. The maximum absolute atomic E-state index is 6.19. The zero-order chi connectivity index (χ0) is 15.1. The molecule has 0 radical (unpaired) electrons. The Labute approximate surface area is 128 Å². The molecule has 0 fully saturated rings. The Kier molecular flexibility index (Phi) is 5.82. The maximum atomic E-state index is 6.19. The van der Waals surface area contributed by atoms with Crippen LogP contribution < -0.4 is 10.1 Å². The summed E-state index contributed by atoms with van der Waals surface area (Å²) in [7, 11) is 0. The third-order valence-corrected chi connectivity index (χ3v) is 3.66. The smallest absolute Gasteiger partial charge is 0.124 e. The minimum absolute atomic E-state index is 0.0470. The summed E-state index contributed by atoms with van der Waals surface area (Å²) in [6.45, 7) is 7.48. The van der Waals surface area contributed by atoms with Gasteiger partial charge < -0.3 is 10.1 Å². The molecule has 21 heavy (non-hydrogen) atoms. The average molecular weight is 283 g/mol. The first kappa shape index (κ1) is 15.6. The lowest BCUT2D eigenvalue weighted by Crippen LogP contribution is -2.20. The molecule has 2 nitrogen and oxygen atoms in total. The van der Waals surface area contributed by atoms with Crippen LogP contribution in [0.3, 0.4) is 0 Å². The Morgan fingerprint density at radius 1 is 0.952 bits per heavy atom. The largest absolute Gasteiger partial charge is 0.486 e. The van der Waals surface area contributed by atoms with Crippen LogP contribution in [0.5, 0.6) is 5.75 Å². The topological polar surface area (TPSA) is 21.3 Å². The summed E-state index contributed by atoms with van der Waals surface area (Å²) in [4.78, 5) is 0. The highest BCUT2D eigenvalue weighted by atomic mass is 16.5. The van der Waals surface area contributed by atoms with E-state index in [9.17, 15) is 0 Å². The van der Waals surface area contributed by atoms with E-state index in [4.69, 9.17) is 4.74 Å². The van der Waals surface area contributed by atoms with Gasteiger partial charge in [-0.05, 0) is 38.4 Å². The van der Waals surface area contributed by atoms with Crippen LogP contribution in [0.25, 0.3) is 0 Å². The molecule has 0 spiro atoms. The molecule has 2 heteroatoms. The predicted octanol–water partition coefficient (Wildman–Crippen LogP) is 4.89. The third-order valence-electron chi connectivity index (χ3n) is 3.66. The second-order valence-electron chi connectivity index (χ2n) is 5.38. The van der Waals surface area contributed by atoms with Gasteiger partial charge in [-0.25, -0.2) is 0 Å². The Hall–Kier alpha value is -1.80. The molecule has 0 bridgehead atoms. The first-order chi connectivity index (χ1) is 10.2. The van der Waals surface area contributed by atoms with Crippen molar-refractivity contribution in [1.82, 2.24) is 5.32 Å². The molecule has 2 aromatic rings. The van der Waals surface area contributed by atoms with Crippen LogP contribution in [0.1, 0.15) is 50.5 Å². The number of nitrogens with one attached hydrogen (secondary N) is 1. The molecule has 1 N–H and O–H groups in total. The Balaban J connectivity index is 2.13. The van der Waals surface area contributed by atoms with Crippen LogP contribution >= 0.6 is 0 Å². The normalized spacial score (nSPS) is 13.7. The van der Waals surface area contributed by atoms with E-state index in [0.29, 0.717) is 6.04 Å². The van der Waals surface area contributed by atoms with Crippen molar-refractivity contribution in [2.24, 2.45) is 0 Å². The highest BCUT2D eigenvalue weighted by Crippen LogP contribution is 2.29. The fourth-order valence-corrected chi connectivity index (χ4v) is 2.40. The average Bonchev–Trinajstić information content (AvgIpc) is 2.54. The fraction of sp³-hybridized carbons (Fsp3) is 0.368. The molecule has 0 amide bonds. The second-order valence-corrected chi connectivity index (χ2v) is 5.38. The van der Waals surface area contributed by atoms with Crippen LogP contribution in [0.15, 0.2) is 54.6 Å². The van der Waals surface area contributed by atoms with Crippen molar-refractivity contribution in [2.75, 3.05) is 6.54 Å². The molecule has 2 unspecified atom stereocenters. The summed E-state index contributed by atoms with van der Waals surface area (Å²) in [5.74, 6) is 0.963. The van der Waals surface area contributed by atoms with E-state index in [1.54, 1.807) is 0 Å². The van der Waals surface area contributed by atoms with Crippen LogP contribution in [0, 0.1) is 0 Å². The van der Waals surface area contributed by atoms with Gasteiger partial charge in [-0.15, -0.1) is 0 Å². The van der Waals surface area contributed by atoms with Crippen molar-refractivity contribution in [3.63, 3.8) is 0 Å². The SMILES string of the molecule is CCCNC(C)c1ccccc1OC(C)c1ccccc1. The first-order valence-corrected chi connectivity index (χ1v) is 7.76.